The van der Waals surface area contributed by atoms with Crippen LogP contribution in [-0.2, 0) is 17.8 Å². The lowest BCUT2D eigenvalue weighted by Crippen LogP contribution is -2.33. The number of amides is 1. The maximum absolute atomic E-state index is 13.3. The number of hydrogen-bond acceptors (Lipinski definition) is 3. The van der Waals surface area contributed by atoms with Crippen molar-refractivity contribution in [2.24, 2.45) is 0 Å². The monoisotopic (exact) mass is 343 g/mol. The number of carbonyl (C=O) groups excluding carboxylic acids is 1. The molecule has 0 fully saturated rings. The second kappa shape index (κ2) is 7.21. The average molecular weight is 343 g/mol. The molecular formula is C18H15F2N3O2. The minimum atomic E-state index is -0.534. The maximum atomic E-state index is 13.3. The molecule has 0 bridgehead atoms. The smallest absolute Gasteiger partial charge is 0.261 e. The molecule has 3 aromatic rings. The summed E-state index contributed by atoms with van der Waals surface area (Å²) >= 11 is 0. The third-order valence-electron chi connectivity index (χ3n) is 3.75. The van der Waals surface area contributed by atoms with Gasteiger partial charge in [0.25, 0.3) is 5.56 Å². The van der Waals surface area contributed by atoms with Gasteiger partial charge in [0.05, 0.1) is 17.2 Å². The summed E-state index contributed by atoms with van der Waals surface area (Å²) < 4.78 is 27.2. The lowest BCUT2D eigenvalue weighted by Gasteiger charge is -2.08. The van der Waals surface area contributed by atoms with Gasteiger partial charge in [-0.2, -0.15) is 0 Å². The Hall–Kier alpha value is -3.09. The van der Waals surface area contributed by atoms with Crippen molar-refractivity contribution in [3.8, 4) is 0 Å². The molecule has 3 rings (SSSR count). The van der Waals surface area contributed by atoms with Crippen molar-refractivity contribution in [2.75, 3.05) is 6.54 Å². The van der Waals surface area contributed by atoms with Gasteiger partial charge in [-0.1, -0.05) is 12.1 Å². The van der Waals surface area contributed by atoms with Crippen LogP contribution in [0.4, 0.5) is 8.78 Å². The van der Waals surface area contributed by atoms with Gasteiger partial charge < -0.3 is 5.32 Å². The normalized spacial score (nSPS) is 10.8. The molecule has 1 aromatic heterocycles. The number of hydrogen-bond donors (Lipinski definition) is 1. The van der Waals surface area contributed by atoms with Crippen LogP contribution in [-0.4, -0.2) is 22.0 Å². The fraction of sp³-hybridized carbons (Fsp3) is 0.167. The molecule has 7 heteroatoms. The zero-order valence-corrected chi connectivity index (χ0v) is 13.2. The van der Waals surface area contributed by atoms with Gasteiger partial charge in [0.1, 0.15) is 18.2 Å². The molecule has 0 unspecified atom stereocenters. The van der Waals surface area contributed by atoms with Crippen LogP contribution in [0.25, 0.3) is 10.9 Å². The van der Waals surface area contributed by atoms with Crippen LogP contribution in [0.5, 0.6) is 0 Å². The van der Waals surface area contributed by atoms with Gasteiger partial charge >= 0.3 is 0 Å². The molecule has 0 radical (unpaired) electrons. The number of carbonyl (C=O) groups is 1. The third-order valence-corrected chi connectivity index (χ3v) is 3.75. The van der Waals surface area contributed by atoms with E-state index in [1.807, 2.05) is 0 Å². The first-order valence-electron chi connectivity index (χ1n) is 7.69. The maximum Gasteiger partial charge on any atom is 0.261 e. The largest absolute Gasteiger partial charge is 0.354 e. The Labute approximate surface area is 141 Å². The van der Waals surface area contributed by atoms with Crippen molar-refractivity contribution in [1.29, 1.82) is 0 Å². The van der Waals surface area contributed by atoms with Gasteiger partial charge in [-0.15, -0.1) is 0 Å². The van der Waals surface area contributed by atoms with Crippen LogP contribution in [0.15, 0.2) is 53.6 Å². The molecule has 1 heterocycles. The lowest BCUT2D eigenvalue weighted by atomic mass is 10.1. The van der Waals surface area contributed by atoms with Crippen LogP contribution < -0.4 is 10.9 Å². The summed E-state index contributed by atoms with van der Waals surface area (Å²) in [6.07, 6.45) is 1.81. The van der Waals surface area contributed by atoms with Gasteiger partial charge in [0.2, 0.25) is 5.91 Å². The van der Waals surface area contributed by atoms with E-state index in [4.69, 9.17) is 0 Å². The Balaban J connectivity index is 1.63. The third kappa shape index (κ3) is 4.06. The molecule has 0 spiro atoms. The average Bonchev–Trinajstić information content (AvgIpc) is 2.60. The first kappa shape index (κ1) is 16.8. The molecule has 128 valence electrons. The van der Waals surface area contributed by atoms with E-state index >= 15 is 0 Å². The highest BCUT2D eigenvalue weighted by Gasteiger charge is 2.09. The number of nitrogens with one attached hydrogen (secondary N) is 1. The zero-order valence-electron chi connectivity index (χ0n) is 13.2. The molecule has 0 aliphatic carbocycles. The van der Waals surface area contributed by atoms with Crippen LogP contribution in [0.3, 0.4) is 0 Å². The van der Waals surface area contributed by atoms with Crippen molar-refractivity contribution in [1.82, 2.24) is 14.9 Å². The predicted octanol–water partition coefficient (Wildman–Crippen LogP) is 2.03. The number of aromatic nitrogens is 2. The van der Waals surface area contributed by atoms with Crippen molar-refractivity contribution in [3.63, 3.8) is 0 Å². The summed E-state index contributed by atoms with van der Waals surface area (Å²) in [5.74, 6) is -1.21. The molecule has 2 aromatic carbocycles. The quantitative estimate of drug-likeness (QED) is 0.771. The Kier molecular flexibility index (Phi) is 4.83. The topological polar surface area (TPSA) is 64.0 Å². The summed E-state index contributed by atoms with van der Waals surface area (Å²) in [5, 5.41) is 2.81. The van der Waals surface area contributed by atoms with Gasteiger partial charge in [0, 0.05) is 6.54 Å². The van der Waals surface area contributed by atoms with E-state index in [1.165, 1.54) is 30.6 Å². The van der Waals surface area contributed by atoms with E-state index in [1.54, 1.807) is 12.1 Å². The zero-order chi connectivity index (χ0) is 17.8. The highest BCUT2D eigenvalue weighted by atomic mass is 19.1. The highest BCUT2D eigenvalue weighted by Crippen LogP contribution is 2.08. The first-order valence-corrected chi connectivity index (χ1v) is 7.69. The molecule has 5 nitrogen and oxygen atoms in total. The van der Waals surface area contributed by atoms with Gasteiger partial charge in [-0.3, -0.25) is 14.2 Å². The van der Waals surface area contributed by atoms with Crippen LogP contribution in [0.1, 0.15) is 5.56 Å². The Morgan fingerprint density at radius 2 is 1.80 bits per heavy atom. The molecule has 0 aliphatic rings. The van der Waals surface area contributed by atoms with Crippen molar-refractivity contribution in [2.45, 2.75) is 13.0 Å². The molecule has 0 aliphatic heterocycles. The first-order chi connectivity index (χ1) is 12.0. The van der Waals surface area contributed by atoms with E-state index in [0.717, 1.165) is 16.2 Å². The fourth-order valence-electron chi connectivity index (χ4n) is 2.45. The van der Waals surface area contributed by atoms with Gasteiger partial charge in [0.15, 0.2) is 0 Å². The fourth-order valence-corrected chi connectivity index (χ4v) is 2.45. The van der Waals surface area contributed by atoms with E-state index in [9.17, 15) is 18.4 Å². The minimum absolute atomic E-state index is 0.126. The molecule has 0 saturated carbocycles. The molecule has 0 atom stereocenters. The Bertz CT molecular complexity index is 968. The second-order valence-corrected chi connectivity index (χ2v) is 5.57. The van der Waals surface area contributed by atoms with Crippen LogP contribution >= 0.6 is 0 Å². The summed E-state index contributed by atoms with van der Waals surface area (Å²) in [6.45, 7) is 0.149. The molecule has 1 N–H and O–H groups in total. The van der Waals surface area contributed by atoms with Crippen molar-refractivity contribution >= 4 is 16.8 Å². The number of benzene rings is 2. The summed E-state index contributed by atoms with van der Waals surface area (Å²) in [5.41, 5.74) is 0.791. The molecule has 1 amide bonds. The van der Waals surface area contributed by atoms with E-state index < -0.39 is 11.4 Å². The predicted molar refractivity (Wildman–Crippen MR) is 89.1 cm³/mol. The minimum Gasteiger partial charge on any atom is -0.354 e. The number of rotatable bonds is 5. The molecule has 25 heavy (non-hydrogen) atoms. The number of fused-ring (bicyclic) bond motifs is 1. The van der Waals surface area contributed by atoms with Crippen molar-refractivity contribution < 1.29 is 13.6 Å². The molecule has 0 saturated heterocycles. The number of nitrogens with zero attached hydrogens (tertiary/aromatic N) is 2. The lowest BCUT2D eigenvalue weighted by molar-refractivity contribution is -0.121. The Morgan fingerprint density at radius 1 is 1.08 bits per heavy atom. The summed E-state index contributed by atoms with van der Waals surface area (Å²) in [4.78, 5) is 28.3. The van der Waals surface area contributed by atoms with Crippen molar-refractivity contribution in [3.05, 3.63) is 76.3 Å². The SMILES string of the molecule is O=C(Cn1cnc2ccc(F)cc2c1=O)NCCc1ccc(F)cc1. The van der Waals surface area contributed by atoms with E-state index in [-0.39, 0.29) is 23.7 Å². The molecular weight excluding hydrogens is 328 g/mol. The van der Waals surface area contributed by atoms with Crippen LogP contribution in [0, 0.1) is 11.6 Å². The van der Waals surface area contributed by atoms with E-state index in [0.29, 0.717) is 18.5 Å². The van der Waals surface area contributed by atoms with E-state index in [2.05, 4.69) is 10.3 Å². The highest BCUT2D eigenvalue weighted by molar-refractivity contribution is 5.79. The second-order valence-electron chi connectivity index (χ2n) is 5.57. The summed E-state index contributed by atoms with van der Waals surface area (Å²) in [6, 6.07) is 9.75. The summed E-state index contributed by atoms with van der Waals surface area (Å²) in [7, 11) is 0. The number of halogens is 2. The standard InChI is InChI=1S/C18H15F2N3O2/c19-13-3-1-12(2-4-13)7-8-21-17(24)10-23-11-22-16-6-5-14(20)9-15(16)18(23)25/h1-6,9,11H,7-8,10H2,(H,21,24). The van der Waals surface area contributed by atoms with Gasteiger partial charge in [-0.25, -0.2) is 13.8 Å². The van der Waals surface area contributed by atoms with Crippen LogP contribution in [0.2, 0.25) is 0 Å². The Morgan fingerprint density at radius 3 is 2.56 bits per heavy atom. The van der Waals surface area contributed by atoms with Gasteiger partial charge in [-0.05, 0) is 42.3 Å².